The zero-order valence-electron chi connectivity index (χ0n) is 20.3. The molecule has 180 valence electrons. The number of nitrogens with zero attached hydrogens (tertiary/aromatic N) is 5. The van der Waals surface area contributed by atoms with Crippen LogP contribution in [0.25, 0.3) is 22.0 Å². The molecule has 2 N–H and O–H groups in total. The molecule has 1 aromatic heterocycles. The van der Waals surface area contributed by atoms with Gasteiger partial charge in [0.25, 0.3) is 0 Å². The van der Waals surface area contributed by atoms with Gasteiger partial charge in [-0.05, 0) is 49.5 Å². The lowest BCUT2D eigenvalue weighted by atomic mass is 9.97. The number of carbonyl (C=O) groups excluding carboxylic acids is 1. The van der Waals surface area contributed by atoms with Gasteiger partial charge in [0.1, 0.15) is 0 Å². The number of hydrogen-bond acceptors (Lipinski definition) is 7. The molecule has 1 amide bonds. The quantitative estimate of drug-likeness (QED) is 0.433. The fraction of sp³-hybridized carbons (Fsp3) is 0.214. The van der Waals surface area contributed by atoms with Gasteiger partial charge in [-0.3, -0.25) is 4.79 Å². The first-order valence-electron chi connectivity index (χ1n) is 11.9. The van der Waals surface area contributed by atoms with E-state index in [4.69, 9.17) is 4.98 Å². The molecule has 2 heterocycles. The van der Waals surface area contributed by atoms with Crippen LogP contribution in [0.15, 0.2) is 66.9 Å². The molecule has 1 fully saturated rings. The highest BCUT2D eigenvalue weighted by Crippen LogP contribution is 2.32. The predicted molar refractivity (Wildman–Crippen MR) is 143 cm³/mol. The van der Waals surface area contributed by atoms with Crippen molar-refractivity contribution in [1.29, 1.82) is 5.26 Å². The van der Waals surface area contributed by atoms with Crippen molar-refractivity contribution in [2.45, 2.75) is 6.92 Å². The number of nitrogens with one attached hydrogen (secondary N) is 2. The summed E-state index contributed by atoms with van der Waals surface area (Å²) in [5.74, 6) is 0.301. The minimum atomic E-state index is -0.170. The summed E-state index contributed by atoms with van der Waals surface area (Å²) in [6.07, 6.45) is 1.77. The van der Waals surface area contributed by atoms with E-state index in [0.717, 1.165) is 48.3 Å². The summed E-state index contributed by atoms with van der Waals surface area (Å²) in [6.45, 7) is 5.63. The molecule has 0 saturated carbocycles. The monoisotopic (exact) mass is 477 g/mol. The second-order valence-corrected chi connectivity index (χ2v) is 8.95. The van der Waals surface area contributed by atoms with Crippen molar-refractivity contribution in [2.75, 3.05) is 48.8 Å². The van der Waals surface area contributed by atoms with Gasteiger partial charge in [0.05, 0.1) is 17.1 Å². The topological polar surface area (TPSA) is 97.2 Å². The molecular weight excluding hydrogens is 450 g/mol. The van der Waals surface area contributed by atoms with Crippen LogP contribution in [0.5, 0.6) is 0 Å². The average Bonchev–Trinajstić information content (AvgIpc) is 2.89. The largest absolute Gasteiger partial charge is 0.369 e. The maximum absolute atomic E-state index is 11.6. The van der Waals surface area contributed by atoms with Crippen LogP contribution in [-0.2, 0) is 4.79 Å². The molecule has 0 atom stereocenters. The van der Waals surface area contributed by atoms with Gasteiger partial charge in [-0.1, -0.05) is 18.2 Å². The maximum atomic E-state index is 11.6. The molecule has 1 saturated heterocycles. The number of likely N-dealkylation sites (N-methyl/N-ethyl adjacent to an activating group) is 1. The number of hydrogen-bond donors (Lipinski definition) is 2. The Morgan fingerprint density at radius 1 is 0.972 bits per heavy atom. The van der Waals surface area contributed by atoms with Crippen molar-refractivity contribution in [3.05, 3.63) is 72.4 Å². The fourth-order valence-electron chi connectivity index (χ4n) is 4.43. The first-order chi connectivity index (χ1) is 17.5. The molecule has 36 heavy (non-hydrogen) atoms. The van der Waals surface area contributed by atoms with E-state index in [-0.39, 0.29) is 5.91 Å². The van der Waals surface area contributed by atoms with Crippen molar-refractivity contribution in [3.8, 4) is 17.2 Å². The third-order valence-corrected chi connectivity index (χ3v) is 6.35. The van der Waals surface area contributed by atoms with Crippen molar-refractivity contribution >= 4 is 39.8 Å². The number of piperazine rings is 1. The second-order valence-electron chi connectivity index (χ2n) is 8.95. The zero-order valence-corrected chi connectivity index (χ0v) is 20.3. The van der Waals surface area contributed by atoms with Crippen LogP contribution in [-0.4, -0.2) is 54.0 Å². The minimum absolute atomic E-state index is 0.170. The van der Waals surface area contributed by atoms with Gasteiger partial charge in [0.15, 0.2) is 0 Å². The van der Waals surface area contributed by atoms with Crippen LogP contribution in [0.1, 0.15) is 12.5 Å². The van der Waals surface area contributed by atoms with Gasteiger partial charge in [0.2, 0.25) is 11.9 Å². The molecule has 0 unspecified atom stereocenters. The third-order valence-electron chi connectivity index (χ3n) is 6.35. The number of para-hydroxylation sites is 1. The van der Waals surface area contributed by atoms with E-state index in [1.807, 2.05) is 30.3 Å². The Balaban J connectivity index is 1.45. The number of fused-ring (bicyclic) bond motifs is 1. The predicted octanol–water partition coefficient (Wildman–Crippen LogP) is 4.62. The van der Waals surface area contributed by atoms with Crippen molar-refractivity contribution in [2.24, 2.45) is 0 Å². The summed E-state index contributed by atoms with van der Waals surface area (Å²) in [6, 6.07) is 21.6. The zero-order chi connectivity index (χ0) is 25.1. The number of nitriles is 1. The van der Waals surface area contributed by atoms with Crippen LogP contribution < -0.4 is 15.5 Å². The van der Waals surface area contributed by atoms with Crippen LogP contribution in [0.4, 0.5) is 23.0 Å². The van der Waals surface area contributed by atoms with Gasteiger partial charge in [-0.25, -0.2) is 9.97 Å². The summed E-state index contributed by atoms with van der Waals surface area (Å²) in [7, 11) is 2.15. The summed E-state index contributed by atoms with van der Waals surface area (Å²) < 4.78 is 0. The molecule has 0 radical (unpaired) electrons. The normalized spacial score (nSPS) is 13.9. The van der Waals surface area contributed by atoms with E-state index in [0.29, 0.717) is 22.8 Å². The van der Waals surface area contributed by atoms with E-state index >= 15 is 0 Å². The van der Waals surface area contributed by atoms with E-state index in [9.17, 15) is 10.1 Å². The second kappa shape index (κ2) is 10.0. The number of benzene rings is 3. The summed E-state index contributed by atoms with van der Waals surface area (Å²) in [4.78, 5) is 25.6. The highest BCUT2D eigenvalue weighted by Gasteiger charge is 2.15. The molecule has 0 bridgehead atoms. The Kier molecular flexibility index (Phi) is 6.48. The Hall–Kier alpha value is -4.48. The minimum Gasteiger partial charge on any atom is -0.369 e. The molecule has 8 heteroatoms. The summed E-state index contributed by atoms with van der Waals surface area (Å²) in [5.41, 5.74) is 5.46. The lowest BCUT2D eigenvalue weighted by Crippen LogP contribution is -2.44. The molecule has 8 nitrogen and oxygen atoms in total. The average molecular weight is 478 g/mol. The van der Waals surface area contributed by atoms with Crippen molar-refractivity contribution < 1.29 is 4.79 Å². The molecule has 0 aliphatic carbocycles. The van der Waals surface area contributed by atoms with Gasteiger partial charge >= 0.3 is 0 Å². The highest BCUT2D eigenvalue weighted by atomic mass is 16.1. The van der Waals surface area contributed by atoms with E-state index in [2.05, 4.69) is 50.7 Å². The SMILES string of the molecule is CC(=O)Nc1ccc(C#N)c(-c2cccc3cnc(Nc4ccc(N5CCN(C)CC5)cc4)nc23)c1. The molecule has 1 aliphatic heterocycles. The molecule has 5 rings (SSSR count). The van der Waals surface area contributed by atoms with E-state index < -0.39 is 0 Å². The summed E-state index contributed by atoms with van der Waals surface area (Å²) in [5, 5.41) is 16.7. The number of anilines is 4. The molecular formula is C28H27N7O. The van der Waals surface area contributed by atoms with Crippen molar-refractivity contribution in [3.63, 3.8) is 0 Å². The van der Waals surface area contributed by atoms with Gasteiger partial charge < -0.3 is 20.4 Å². The Morgan fingerprint density at radius 2 is 1.72 bits per heavy atom. The molecule has 0 spiro atoms. The standard InChI is InChI=1S/C28H27N7O/c1-19(36)31-23-7-6-20(17-29)26(16-23)25-5-3-4-21-18-30-28(33-27(21)25)32-22-8-10-24(11-9-22)35-14-12-34(2)13-15-35/h3-11,16,18H,12-15H2,1-2H3,(H,31,36)(H,30,32,33). The molecule has 1 aliphatic rings. The number of amides is 1. The lowest BCUT2D eigenvalue weighted by Gasteiger charge is -2.34. The smallest absolute Gasteiger partial charge is 0.227 e. The Morgan fingerprint density at radius 3 is 2.44 bits per heavy atom. The maximum Gasteiger partial charge on any atom is 0.227 e. The fourth-order valence-corrected chi connectivity index (χ4v) is 4.43. The number of rotatable bonds is 5. The first kappa shape index (κ1) is 23.3. The van der Waals surface area contributed by atoms with Gasteiger partial charge in [0, 0.05) is 72.9 Å². The third kappa shape index (κ3) is 4.97. The van der Waals surface area contributed by atoms with Crippen LogP contribution in [0.3, 0.4) is 0 Å². The molecule has 4 aromatic rings. The Bertz CT molecular complexity index is 1450. The van der Waals surface area contributed by atoms with E-state index in [1.165, 1.54) is 12.6 Å². The van der Waals surface area contributed by atoms with Crippen LogP contribution >= 0.6 is 0 Å². The number of aromatic nitrogens is 2. The van der Waals surface area contributed by atoms with Crippen LogP contribution in [0.2, 0.25) is 0 Å². The van der Waals surface area contributed by atoms with Gasteiger partial charge in [-0.2, -0.15) is 5.26 Å². The first-order valence-corrected chi connectivity index (χ1v) is 11.9. The lowest BCUT2D eigenvalue weighted by molar-refractivity contribution is -0.114. The Labute approximate surface area is 210 Å². The van der Waals surface area contributed by atoms with Crippen LogP contribution in [0, 0.1) is 11.3 Å². The van der Waals surface area contributed by atoms with Gasteiger partial charge in [-0.15, -0.1) is 0 Å². The summed E-state index contributed by atoms with van der Waals surface area (Å²) >= 11 is 0. The molecule has 3 aromatic carbocycles. The van der Waals surface area contributed by atoms with E-state index in [1.54, 1.807) is 24.4 Å². The number of carbonyl (C=O) groups is 1. The highest BCUT2D eigenvalue weighted by molar-refractivity contribution is 5.97. The van der Waals surface area contributed by atoms with Crippen molar-refractivity contribution in [1.82, 2.24) is 14.9 Å².